The summed E-state index contributed by atoms with van der Waals surface area (Å²) in [6.45, 7) is 14.7. The lowest BCUT2D eigenvalue weighted by molar-refractivity contribution is -0.177. The molecule has 0 saturated carbocycles. The Kier molecular flexibility index (Phi) is 14.5. The van der Waals surface area contributed by atoms with E-state index >= 15 is 0 Å². The van der Waals surface area contributed by atoms with Gasteiger partial charge in [0.05, 0.1) is 11.2 Å². The summed E-state index contributed by atoms with van der Waals surface area (Å²) in [6, 6.07) is 0. The van der Waals surface area contributed by atoms with Gasteiger partial charge in [0.15, 0.2) is 0 Å². The number of ether oxygens (including phenoxy) is 2. The zero-order valence-corrected chi connectivity index (χ0v) is 15.2. The second-order valence-corrected chi connectivity index (χ2v) is 6.13. The maximum atomic E-state index is 6.03. The first-order valence-electron chi connectivity index (χ1n) is 7.87. The van der Waals surface area contributed by atoms with Gasteiger partial charge in [0.25, 0.3) is 0 Å². The normalized spacial score (nSPS) is 12.0. The van der Waals surface area contributed by atoms with Gasteiger partial charge in [0.2, 0.25) is 0 Å². The third-order valence-corrected chi connectivity index (χ3v) is 3.87. The van der Waals surface area contributed by atoms with Crippen molar-refractivity contribution in [3.63, 3.8) is 0 Å². The van der Waals surface area contributed by atoms with E-state index in [-0.39, 0.29) is 11.2 Å². The smallest absolute Gasteiger partial charge is 0.0909 e. The molecule has 0 radical (unpaired) electrons. The highest BCUT2D eigenvalue weighted by Crippen LogP contribution is 2.29. The Morgan fingerprint density at radius 1 is 0.700 bits per heavy atom. The fourth-order valence-corrected chi connectivity index (χ4v) is 1.71. The van der Waals surface area contributed by atoms with Crippen LogP contribution in [0.5, 0.6) is 0 Å². The fraction of sp³-hybridized carbons (Fsp3) is 1.00. The Balaban J connectivity index is 0. The molecule has 20 heavy (non-hydrogen) atoms. The van der Waals surface area contributed by atoms with E-state index in [4.69, 9.17) is 9.47 Å². The van der Waals surface area contributed by atoms with Gasteiger partial charge in [-0.25, -0.2) is 5.25 Å². The van der Waals surface area contributed by atoms with Crippen LogP contribution in [-0.4, -0.2) is 24.4 Å². The molecule has 0 spiro atoms. The van der Waals surface area contributed by atoms with E-state index in [0.717, 1.165) is 26.1 Å². The molecule has 0 aromatic rings. The van der Waals surface area contributed by atoms with Crippen LogP contribution < -0.4 is 5.25 Å². The van der Waals surface area contributed by atoms with Crippen LogP contribution in [0.25, 0.3) is 0 Å². The zero-order chi connectivity index (χ0) is 16.1. The van der Waals surface area contributed by atoms with E-state index in [9.17, 15) is 0 Å². The van der Waals surface area contributed by atoms with E-state index < -0.39 is 0 Å². The van der Waals surface area contributed by atoms with Crippen molar-refractivity contribution in [1.29, 1.82) is 0 Å². The summed E-state index contributed by atoms with van der Waals surface area (Å²) >= 11 is 4.14. The van der Waals surface area contributed by atoms with Crippen molar-refractivity contribution in [2.24, 2.45) is 5.25 Å². The summed E-state index contributed by atoms with van der Waals surface area (Å²) in [5.74, 6) is 0. The first-order chi connectivity index (χ1) is 9.37. The molecular weight excluding hydrogens is 274 g/mol. The van der Waals surface area contributed by atoms with Gasteiger partial charge in [-0.15, -0.1) is 0 Å². The molecule has 0 amide bonds. The largest absolute Gasteiger partial charge is 0.373 e. The Morgan fingerprint density at radius 3 is 1.25 bits per heavy atom. The van der Waals surface area contributed by atoms with E-state index in [1.807, 2.05) is 0 Å². The number of nitrogens with two attached hydrogens (primary N) is 1. The van der Waals surface area contributed by atoms with Crippen molar-refractivity contribution in [2.45, 2.75) is 91.3 Å². The van der Waals surface area contributed by atoms with E-state index in [1.54, 1.807) is 0 Å². The Hall–Kier alpha value is 0.170. The Bertz CT molecular complexity index is 187. The molecule has 0 aromatic heterocycles. The SMILES string of the molecule is CCCCCOC(C)(C)C(C)(C)OCCCCC.NCl. The van der Waals surface area contributed by atoms with Gasteiger partial charge in [-0.3, -0.25) is 0 Å². The fourth-order valence-electron chi connectivity index (χ4n) is 1.71. The van der Waals surface area contributed by atoms with Gasteiger partial charge in [0.1, 0.15) is 0 Å². The highest BCUT2D eigenvalue weighted by molar-refractivity contribution is 6.11. The van der Waals surface area contributed by atoms with Crippen molar-refractivity contribution in [3.05, 3.63) is 0 Å². The van der Waals surface area contributed by atoms with Crippen LogP contribution in [0.1, 0.15) is 80.1 Å². The van der Waals surface area contributed by atoms with Crippen molar-refractivity contribution in [2.75, 3.05) is 13.2 Å². The Morgan fingerprint density at radius 2 is 1.00 bits per heavy atom. The number of hydrogen-bond acceptors (Lipinski definition) is 3. The predicted octanol–water partition coefficient (Wildman–Crippen LogP) is 5.06. The summed E-state index contributed by atoms with van der Waals surface area (Å²) in [4.78, 5) is 0. The zero-order valence-electron chi connectivity index (χ0n) is 14.4. The van der Waals surface area contributed by atoms with Gasteiger partial charge < -0.3 is 9.47 Å². The third kappa shape index (κ3) is 9.98. The third-order valence-electron chi connectivity index (χ3n) is 3.87. The van der Waals surface area contributed by atoms with Crippen molar-refractivity contribution in [3.8, 4) is 0 Å². The van der Waals surface area contributed by atoms with E-state index in [1.165, 1.54) is 25.7 Å². The Labute approximate surface area is 131 Å². The summed E-state index contributed by atoms with van der Waals surface area (Å²) in [6.07, 6.45) is 7.25. The second kappa shape index (κ2) is 12.9. The van der Waals surface area contributed by atoms with Crippen LogP contribution in [0.3, 0.4) is 0 Å². The lowest BCUT2D eigenvalue weighted by Crippen LogP contribution is -2.49. The molecule has 0 bridgehead atoms. The number of unbranched alkanes of at least 4 members (excludes halogenated alkanes) is 4. The summed E-state index contributed by atoms with van der Waals surface area (Å²) in [5.41, 5.74) is -0.458. The maximum absolute atomic E-state index is 6.03. The molecule has 0 aliphatic carbocycles. The standard InChI is InChI=1S/C16H34O2.ClH2N/c1-7-9-11-13-17-15(3,4)16(5,6)18-14-12-10-8-2;1-2/h7-14H2,1-6H3;2H2. The van der Waals surface area contributed by atoms with Crippen LogP contribution in [0.2, 0.25) is 0 Å². The summed E-state index contributed by atoms with van der Waals surface area (Å²) in [7, 11) is 0. The second-order valence-electron chi connectivity index (χ2n) is 6.13. The van der Waals surface area contributed by atoms with Gasteiger partial charge in [-0.1, -0.05) is 39.5 Å². The molecular formula is C16H36ClNO2. The maximum Gasteiger partial charge on any atom is 0.0909 e. The molecule has 0 rings (SSSR count). The first kappa shape index (κ1) is 22.5. The lowest BCUT2D eigenvalue weighted by Gasteiger charge is -2.41. The summed E-state index contributed by atoms with van der Waals surface area (Å²) in [5, 5.41) is 3.97. The number of halogens is 1. The van der Waals surface area contributed by atoms with Gasteiger partial charge in [0, 0.05) is 13.2 Å². The minimum absolute atomic E-state index is 0.229. The van der Waals surface area contributed by atoms with Crippen LogP contribution in [0.4, 0.5) is 0 Å². The summed E-state index contributed by atoms with van der Waals surface area (Å²) < 4.78 is 12.1. The molecule has 0 fully saturated rings. The lowest BCUT2D eigenvalue weighted by atomic mass is 9.89. The monoisotopic (exact) mass is 309 g/mol. The average molecular weight is 310 g/mol. The highest BCUT2D eigenvalue weighted by Gasteiger charge is 2.38. The molecule has 0 aliphatic heterocycles. The van der Waals surface area contributed by atoms with Crippen molar-refractivity contribution >= 4 is 11.8 Å². The molecule has 0 saturated heterocycles. The van der Waals surface area contributed by atoms with Crippen LogP contribution in [0, 0.1) is 0 Å². The van der Waals surface area contributed by atoms with Crippen LogP contribution >= 0.6 is 11.8 Å². The van der Waals surface area contributed by atoms with Gasteiger partial charge in [-0.2, -0.15) is 0 Å². The molecule has 0 atom stereocenters. The van der Waals surface area contributed by atoms with Crippen LogP contribution in [0.15, 0.2) is 0 Å². The van der Waals surface area contributed by atoms with Gasteiger partial charge >= 0.3 is 0 Å². The quantitative estimate of drug-likeness (QED) is 0.429. The molecule has 0 aliphatic rings. The van der Waals surface area contributed by atoms with Crippen molar-refractivity contribution in [1.82, 2.24) is 0 Å². The predicted molar refractivity (Wildman–Crippen MR) is 89.2 cm³/mol. The molecule has 2 N–H and O–H groups in total. The molecule has 0 aromatic carbocycles. The molecule has 0 heterocycles. The highest BCUT2D eigenvalue weighted by atomic mass is 35.5. The first-order valence-corrected chi connectivity index (χ1v) is 8.30. The minimum atomic E-state index is -0.229. The van der Waals surface area contributed by atoms with Gasteiger partial charge in [-0.05, 0) is 52.3 Å². The van der Waals surface area contributed by atoms with Crippen LogP contribution in [-0.2, 0) is 9.47 Å². The molecule has 4 heteroatoms. The topological polar surface area (TPSA) is 44.5 Å². The molecule has 0 unspecified atom stereocenters. The van der Waals surface area contributed by atoms with E-state index in [0.29, 0.717) is 0 Å². The number of hydrogen-bond donors (Lipinski definition) is 1. The average Bonchev–Trinajstić information content (AvgIpc) is 2.42. The van der Waals surface area contributed by atoms with Crippen molar-refractivity contribution < 1.29 is 9.47 Å². The minimum Gasteiger partial charge on any atom is -0.373 e. The molecule has 3 nitrogen and oxygen atoms in total. The molecule has 124 valence electrons. The van der Waals surface area contributed by atoms with E-state index in [2.05, 4.69) is 58.6 Å². The number of rotatable bonds is 11.